The van der Waals surface area contributed by atoms with E-state index in [-0.39, 0.29) is 6.04 Å². The van der Waals surface area contributed by atoms with Gasteiger partial charge in [0.05, 0.1) is 0 Å². The van der Waals surface area contributed by atoms with E-state index in [1.165, 1.54) is 12.8 Å². The number of carbonyl (C=O) groups is 1. The number of nitrogens with one attached hydrogen (secondary N) is 1. The van der Waals surface area contributed by atoms with Gasteiger partial charge in [-0.25, -0.2) is 4.79 Å². The van der Waals surface area contributed by atoms with Gasteiger partial charge in [0, 0.05) is 6.04 Å². The average molecular weight is 158 g/mol. The molecule has 0 aromatic rings. The molecular formula is C8H18N2O. The third-order valence-electron chi connectivity index (χ3n) is 1.63. The number of rotatable bonds is 5. The summed E-state index contributed by atoms with van der Waals surface area (Å²) in [5.74, 6) is 0. The normalized spacial score (nSPS) is 12.5. The molecule has 0 aliphatic carbocycles. The summed E-state index contributed by atoms with van der Waals surface area (Å²) in [4.78, 5) is 10.4. The van der Waals surface area contributed by atoms with Crippen LogP contribution in [-0.2, 0) is 0 Å². The number of amides is 2. The molecule has 2 amide bonds. The second-order valence-electron chi connectivity index (χ2n) is 2.91. The van der Waals surface area contributed by atoms with Gasteiger partial charge in [-0.3, -0.25) is 0 Å². The first-order chi connectivity index (χ1) is 5.16. The predicted octanol–water partition coefficient (Wildman–Crippen LogP) is 1.62. The lowest BCUT2D eigenvalue weighted by Gasteiger charge is -2.10. The van der Waals surface area contributed by atoms with E-state index in [4.69, 9.17) is 5.73 Å². The molecule has 0 fully saturated rings. The largest absolute Gasteiger partial charge is 0.352 e. The second kappa shape index (κ2) is 6.01. The van der Waals surface area contributed by atoms with Gasteiger partial charge in [0.2, 0.25) is 0 Å². The van der Waals surface area contributed by atoms with Gasteiger partial charge in [-0.15, -0.1) is 0 Å². The Morgan fingerprint density at radius 1 is 1.55 bits per heavy atom. The van der Waals surface area contributed by atoms with Crippen molar-refractivity contribution in [2.75, 3.05) is 0 Å². The molecule has 3 N–H and O–H groups in total. The first-order valence-electron chi connectivity index (χ1n) is 4.22. The molecule has 1 atom stereocenters. The molecule has 0 heterocycles. The van der Waals surface area contributed by atoms with Crippen LogP contribution in [0, 0.1) is 0 Å². The summed E-state index contributed by atoms with van der Waals surface area (Å²) in [6.45, 7) is 4.13. The van der Waals surface area contributed by atoms with Gasteiger partial charge >= 0.3 is 6.03 Å². The van der Waals surface area contributed by atoms with E-state index in [2.05, 4.69) is 12.2 Å². The highest BCUT2D eigenvalue weighted by Crippen LogP contribution is 2.01. The van der Waals surface area contributed by atoms with E-state index >= 15 is 0 Å². The number of primary amides is 1. The lowest BCUT2D eigenvalue weighted by atomic mass is 10.1. The van der Waals surface area contributed by atoms with Crippen molar-refractivity contribution in [2.24, 2.45) is 5.73 Å². The zero-order chi connectivity index (χ0) is 8.69. The number of unbranched alkanes of at least 4 members (excludes halogenated alkanes) is 2. The van der Waals surface area contributed by atoms with Crippen molar-refractivity contribution in [3.63, 3.8) is 0 Å². The predicted molar refractivity (Wildman–Crippen MR) is 46.3 cm³/mol. The standard InChI is InChI=1S/C8H18N2O/c1-3-4-5-6-7(2)10-8(9)11/h7H,3-6H2,1-2H3,(H3,9,10,11). The molecule has 0 radical (unpaired) electrons. The van der Waals surface area contributed by atoms with Crippen LogP contribution in [0.15, 0.2) is 0 Å². The van der Waals surface area contributed by atoms with Gasteiger partial charge in [-0.05, 0) is 13.3 Å². The number of hydrogen-bond acceptors (Lipinski definition) is 1. The molecule has 11 heavy (non-hydrogen) atoms. The van der Waals surface area contributed by atoms with E-state index < -0.39 is 6.03 Å². The van der Waals surface area contributed by atoms with E-state index in [1.807, 2.05) is 6.92 Å². The Kier molecular flexibility index (Phi) is 5.61. The summed E-state index contributed by atoms with van der Waals surface area (Å²) >= 11 is 0. The second-order valence-corrected chi connectivity index (χ2v) is 2.91. The molecule has 0 rings (SSSR count). The van der Waals surface area contributed by atoms with Crippen LogP contribution in [0.2, 0.25) is 0 Å². The molecule has 0 aliphatic heterocycles. The molecule has 0 aliphatic rings. The Morgan fingerprint density at radius 3 is 2.64 bits per heavy atom. The van der Waals surface area contributed by atoms with Crippen LogP contribution in [0.25, 0.3) is 0 Å². The Morgan fingerprint density at radius 2 is 2.18 bits per heavy atom. The summed E-state index contributed by atoms with van der Waals surface area (Å²) < 4.78 is 0. The molecule has 0 spiro atoms. The van der Waals surface area contributed by atoms with Crippen molar-refractivity contribution < 1.29 is 4.79 Å². The zero-order valence-electron chi connectivity index (χ0n) is 7.39. The van der Waals surface area contributed by atoms with Crippen molar-refractivity contribution >= 4 is 6.03 Å². The fourth-order valence-electron chi connectivity index (χ4n) is 1.02. The summed E-state index contributed by atoms with van der Waals surface area (Å²) in [6.07, 6.45) is 4.63. The lowest BCUT2D eigenvalue weighted by molar-refractivity contribution is 0.245. The van der Waals surface area contributed by atoms with Crippen molar-refractivity contribution in [3.8, 4) is 0 Å². The van der Waals surface area contributed by atoms with E-state index in [0.29, 0.717) is 0 Å². The van der Waals surface area contributed by atoms with Gasteiger partial charge < -0.3 is 11.1 Å². The molecule has 0 aromatic carbocycles. The number of carbonyl (C=O) groups excluding carboxylic acids is 1. The number of urea groups is 1. The Bertz CT molecular complexity index is 115. The van der Waals surface area contributed by atoms with Crippen LogP contribution in [0.5, 0.6) is 0 Å². The summed E-state index contributed by atoms with van der Waals surface area (Å²) in [7, 11) is 0. The van der Waals surface area contributed by atoms with Crippen molar-refractivity contribution in [1.82, 2.24) is 5.32 Å². The first kappa shape index (κ1) is 10.3. The van der Waals surface area contributed by atoms with Crippen LogP contribution in [0.1, 0.15) is 39.5 Å². The maximum Gasteiger partial charge on any atom is 0.312 e. The molecular weight excluding hydrogens is 140 g/mol. The first-order valence-corrected chi connectivity index (χ1v) is 4.22. The van der Waals surface area contributed by atoms with E-state index in [0.717, 1.165) is 12.8 Å². The highest BCUT2D eigenvalue weighted by molar-refractivity contribution is 5.71. The maximum atomic E-state index is 10.4. The summed E-state index contributed by atoms with van der Waals surface area (Å²) in [6, 6.07) is -0.201. The molecule has 0 bridgehead atoms. The third kappa shape index (κ3) is 7.16. The fourth-order valence-corrected chi connectivity index (χ4v) is 1.02. The van der Waals surface area contributed by atoms with Gasteiger partial charge in [0.25, 0.3) is 0 Å². The maximum absolute atomic E-state index is 10.4. The molecule has 0 saturated carbocycles. The van der Waals surface area contributed by atoms with Crippen LogP contribution in [0.4, 0.5) is 4.79 Å². The van der Waals surface area contributed by atoms with Gasteiger partial charge in [0.1, 0.15) is 0 Å². The van der Waals surface area contributed by atoms with Crippen LogP contribution < -0.4 is 11.1 Å². The summed E-state index contributed by atoms with van der Waals surface area (Å²) in [5.41, 5.74) is 4.95. The Balaban J connectivity index is 3.22. The number of nitrogens with two attached hydrogens (primary N) is 1. The van der Waals surface area contributed by atoms with Crippen molar-refractivity contribution in [2.45, 2.75) is 45.6 Å². The summed E-state index contributed by atoms with van der Waals surface area (Å²) in [5, 5.41) is 2.64. The minimum atomic E-state index is -0.422. The van der Waals surface area contributed by atoms with Crippen LogP contribution >= 0.6 is 0 Å². The third-order valence-corrected chi connectivity index (χ3v) is 1.63. The van der Waals surface area contributed by atoms with Gasteiger partial charge in [-0.2, -0.15) is 0 Å². The van der Waals surface area contributed by atoms with Crippen LogP contribution in [0.3, 0.4) is 0 Å². The molecule has 66 valence electrons. The molecule has 0 saturated heterocycles. The van der Waals surface area contributed by atoms with Crippen molar-refractivity contribution in [1.29, 1.82) is 0 Å². The quantitative estimate of drug-likeness (QED) is 0.587. The number of hydrogen-bond donors (Lipinski definition) is 2. The van der Waals surface area contributed by atoms with E-state index in [1.54, 1.807) is 0 Å². The van der Waals surface area contributed by atoms with E-state index in [9.17, 15) is 4.79 Å². The molecule has 3 nitrogen and oxygen atoms in total. The Labute approximate surface area is 68.3 Å². The topological polar surface area (TPSA) is 55.1 Å². The Hall–Kier alpha value is -0.730. The lowest BCUT2D eigenvalue weighted by Crippen LogP contribution is -2.36. The average Bonchev–Trinajstić information content (AvgIpc) is 1.86. The monoisotopic (exact) mass is 158 g/mol. The molecule has 0 aromatic heterocycles. The minimum Gasteiger partial charge on any atom is -0.352 e. The van der Waals surface area contributed by atoms with Gasteiger partial charge in [-0.1, -0.05) is 26.2 Å². The van der Waals surface area contributed by atoms with Crippen LogP contribution in [-0.4, -0.2) is 12.1 Å². The molecule has 1 unspecified atom stereocenters. The highest BCUT2D eigenvalue weighted by atomic mass is 16.2. The fraction of sp³-hybridized carbons (Fsp3) is 0.875. The zero-order valence-corrected chi connectivity index (χ0v) is 7.39. The highest BCUT2D eigenvalue weighted by Gasteiger charge is 2.01. The smallest absolute Gasteiger partial charge is 0.312 e. The van der Waals surface area contributed by atoms with Gasteiger partial charge in [0.15, 0.2) is 0 Å². The van der Waals surface area contributed by atoms with Crippen molar-refractivity contribution in [3.05, 3.63) is 0 Å². The SMILES string of the molecule is CCCCCC(C)NC(N)=O. The minimum absolute atomic E-state index is 0.221. The molecule has 3 heteroatoms.